The Morgan fingerprint density at radius 3 is 2.28 bits per heavy atom. The van der Waals surface area contributed by atoms with Crippen molar-refractivity contribution in [2.24, 2.45) is 0 Å². The molecule has 18 heavy (non-hydrogen) atoms. The van der Waals surface area contributed by atoms with Gasteiger partial charge < -0.3 is 14.8 Å². The van der Waals surface area contributed by atoms with Crippen LogP contribution in [0.25, 0.3) is 0 Å². The number of nitrogens with zero attached hydrogens (tertiary/aromatic N) is 1. The van der Waals surface area contributed by atoms with Crippen LogP contribution in [0.3, 0.4) is 0 Å². The molecule has 0 fully saturated rings. The van der Waals surface area contributed by atoms with Crippen molar-refractivity contribution in [2.45, 2.75) is 52.3 Å². The highest BCUT2D eigenvalue weighted by molar-refractivity contribution is 4.77. The van der Waals surface area contributed by atoms with Gasteiger partial charge in [-0.15, -0.1) is 0 Å². The Labute approximate surface area is 113 Å². The van der Waals surface area contributed by atoms with Crippen LogP contribution in [0, 0.1) is 0 Å². The third kappa shape index (κ3) is 9.83. The molecule has 0 aliphatic heterocycles. The first kappa shape index (κ1) is 17.8. The van der Waals surface area contributed by atoms with Gasteiger partial charge in [-0.2, -0.15) is 0 Å². The Hall–Kier alpha value is -0.160. The van der Waals surface area contributed by atoms with Crippen LogP contribution in [0.1, 0.15) is 34.6 Å². The molecule has 0 aromatic heterocycles. The van der Waals surface area contributed by atoms with E-state index in [1.54, 1.807) is 7.11 Å². The van der Waals surface area contributed by atoms with E-state index in [4.69, 9.17) is 9.47 Å². The Balaban J connectivity index is 4.05. The first-order valence-electron chi connectivity index (χ1n) is 6.82. The van der Waals surface area contributed by atoms with Gasteiger partial charge in [-0.25, -0.2) is 0 Å². The second-order valence-corrected chi connectivity index (χ2v) is 6.14. The fourth-order valence-corrected chi connectivity index (χ4v) is 1.57. The average Bonchev–Trinajstić information content (AvgIpc) is 2.22. The van der Waals surface area contributed by atoms with Crippen LogP contribution in [-0.4, -0.2) is 63.0 Å². The van der Waals surface area contributed by atoms with E-state index >= 15 is 0 Å². The van der Waals surface area contributed by atoms with Gasteiger partial charge in [0.25, 0.3) is 0 Å². The molecule has 0 spiro atoms. The lowest BCUT2D eigenvalue weighted by molar-refractivity contribution is 0.0407. The monoisotopic (exact) mass is 260 g/mol. The zero-order valence-corrected chi connectivity index (χ0v) is 13.2. The topological polar surface area (TPSA) is 33.7 Å². The van der Waals surface area contributed by atoms with Crippen molar-refractivity contribution in [3.05, 3.63) is 0 Å². The highest BCUT2D eigenvalue weighted by Gasteiger charge is 2.17. The van der Waals surface area contributed by atoms with E-state index in [0.717, 1.165) is 26.3 Å². The summed E-state index contributed by atoms with van der Waals surface area (Å²) < 4.78 is 10.9. The molecule has 0 heterocycles. The minimum Gasteiger partial charge on any atom is -0.383 e. The molecule has 1 unspecified atom stereocenters. The van der Waals surface area contributed by atoms with Gasteiger partial charge in [-0.1, -0.05) is 0 Å². The highest BCUT2D eigenvalue weighted by Crippen LogP contribution is 2.02. The second-order valence-electron chi connectivity index (χ2n) is 6.14. The second kappa shape index (κ2) is 8.86. The smallest absolute Gasteiger partial charge is 0.0630 e. The Kier molecular flexibility index (Phi) is 8.78. The van der Waals surface area contributed by atoms with Gasteiger partial charge in [0.15, 0.2) is 0 Å². The van der Waals surface area contributed by atoms with Crippen molar-refractivity contribution in [2.75, 3.05) is 40.5 Å². The number of rotatable bonds is 9. The van der Waals surface area contributed by atoms with Crippen molar-refractivity contribution < 1.29 is 9.47 Å². The van der Waals surface area contributed by atoms with E-state index in [9.17, 15) is 0 Å². The first-order chi connectivity index (χ1) is 8.26. The maximum Gasteiger partial charge on any atom is 0.0630 e. The van der Waals surface area contributed by atoms with E-state index in [1.165, 1.54) is 0 Å². The van der Waals surface area contributed by atoms with Crippen LogP contribution in [0.2, 0.25) is 0 Å². The lowest BCUT2D eigenvalue weighted by atomic mass is 10.1. The molecule has 1 N–H and O–H groups in total. The summed E-state index contributed by atoms with van der Waals surface area (Å²) in [6.45, 7) is 14.0. The highest BCUT2D eigenvalue weighted by atomic mass is 16.5. The SMILES string of the molecule is COCC(CNC(C)(C)C)N(C)CCOC(C)C. The number of hydrogen-bond acceptors (Lipinski definition) is 4. The molecular formula is C14H32N2O2. The van der Waals surface area contributed by atoms with Gasteiger partial charge in [-0.3, -0.25) is 4.90 Å². The van der Waals surface area contributed by atoms with Gasteiger partial charge in [0, 0.05) is 31.8 Å². The van der Waals surface area contributed by atoms with E-state index in [-0.39, 0.29) is 5.54 Å². The Morgan fingerprint density at radius 2 is 1.83 bits per heavy atom. The summed E-state index contributed by atoms with van der Waals surface area (Å²) in [5, 5.41) is 3.52. The Morgan fingerprint density at radius 1 is 1.22 bits per heavy atom. The van der Waals surface area contributed by atoms with Gasteiger partial charge in [-0.05, 0) is 41.7 Å². The van der Waals surface area contributed by atoms with Crippen molar-refractivity contribution in [1.29, 1.82) is 0 Å². The van der Waals surface area contributed by atoms with Crippen molar-refractivity contribution >= 4 is 0 Å². The molecule has 0 aliphatic carbocycles. The normalized spacial score (nSPS) is 14.5. The summed E-state index contributed by atoms with van der Waals surface area (Å²) in [4.78, 5) is 2.30. The van der Waals surface area contributed by atoms with E-state index < -0.39 is 0 Å². The van der Waals surface area contributed by atoms with Gasteiger partial charge in [0.2, 0.25) is 0 Å². The van der Waals surface area contributed by atoms with Crippen LogP contribution in [0.5, 0.6) is 0 Å². The molecule has 0 bridgehead atoms. The predicted molar refractivity (Wildman–Crippen MR) is 77.1 cm³/mol. The van der Waals surface area contributed by atoms with E-state index in [2.05, 4.69) is 51.9 Å². The molecule has 0 aromatic rings. The summed E-state index contributed by atoms with van der Waals surface area (Å²) in [6, 6.07) is 0.380. The molecule has 110 valence electrons. The molecule has 1 atom stereocenters. The number of ether oxygens (including phenoxy) is 2. The standard InChI is InChI=1S/C14H32N2O2/c1-12(2)18-9-8-16(6)13(11-17-7)10-15-14(3,4)5/h12-13,15H,8-11H2,1-7H3. The van der Waals surface area contributed by atoms with Gasteiger partial charge >= 0.3 is 0 Å². The lowest BCUT2D eigenvalue weighted by Gasteiger charge is -2.31. The largest absolute Gasteiger partial charge is 0.383 e. The van der Waals surface area contributed by atoms with Crippen LogP contribution >= 0.6 is 0 Å². The van der Waals surface area contributed by atoms with Crippen LogP contribution in [-0.2, 0) is 9.47 Å². The molecule has 0 saturated heterocycles. The summed E-state index contributed by atoms with van der Waals surface area (Å²) in [6.07, 6.45) is 0.298. The van der Waals surface area contributed by atoms with Crippen LogP contribution in [0.4, 0.5) is 0 Å². The minimum absolute atomic E-state index is 0.140. The molecule has 0 radical (unpaired) electrons. The lowest BCUT2D eigenvalue weighted by Crippen LogP contribution is -2.49. The quantitative estimate of drug-likeness (QED) is 0.685. The molecule has 0 amide bonds. The number of likely N-dealkylation sites (N-methyl/N-ethyl adjacent to an activating group) is 1. The predicted octanol–water partition coefficient (Wildman–Crippen LogP) is 1.75. The van der Waals surface area contributed by atoms with Crippen molar-refractivity contribution in [3.8, 4) is 0 Å². The summed E-state index contributed by atoms with van der Waals surface area (Å²) >= 11 is 0. The number of methoxy groups -OCH3 is 1. The molecule has 0 rings (SSSR count). The maximum atomic E-state index is 5.58. The molecule has 0 aliphatic rings. The van der Waals surface area contributed by atoms with E-state index in [1.807, 2.05) is 0 Å². The molecule has 4 nitrogen and oxygen atoms in total. The molecular weight excluding hydrogens is 228 g/mol. The number of nitrogens with one attached hydrogen (secondary N) is 1. The van der Waals surface area contributed by atoms with Crippen LogP contribution in [0.15, 0.2) is 0 Å². The fraction of sp³-hybridized carbons (Fsp3) is 1.00. The summed E-state index contributed by atoms with van der Waals surface area (Å²) in [7, 11) is 3.88. The van der Waals surface area contributed by atoms with Crippen LogP contribution < -0.4 is 5.32 Å². The minimum atomic E-state index is 0.140. The van der Waals surface area contributed by atoms with Crippen molar-refractivity contribution in [1.82, 2.24) is 10.2 Å². The first-order valence-corrected chi connectivity index (χ1v) is 6.82. The van der Waals surface area contributed by atoms with Crippen molar-refractivity contribution in [3.63, 3.8) is 0 Å². The van der Waals surface area contributed by atoms with Gasteiger partial charge in [0.05, 0.1) is 19.3 Å². The molecule has 4 heteroatoms. The average molecular weight is 260 g/mol. The summed E-state index contributed by atoms with van der Waals surface area (Å²) in [5.74, 6) is 0. The molecule has 0 saturated carbocycles. The third-order valence-corrected chi connectivity index (χ3v) is 2.75. The molecule has 0 aromatic carbocycles. The fourth-order valence-electron chi connectivity index (χ4n) is 1.57. The third-order valence-electron chi connectivity index (χ3n) is 2.75. The zero-order valence-electron chi connectivity index (χ0n) is 13.2. The zero-order chi connectivity index (χ0) is 14.2. The summed E-state index contributed by atoms with van der Waals surface area (Å²) in [5.41, 5.74) is 0.140. The maximum absolute atomic E-state index is 5.58. The number of hydrogen-bond donors (Lipinski definition) is 1. The Bertz CT molecular complexity index is 202. The van der Waals surface area contributed by atoms with Gasteiger partial charge in [0.1, 0.15) is 0 Å². The van der Waals surface area contributed by atoms with E-state index in [0.29, 0.717) is 12.1 Å².